The number of nitrogens with zero attached hydrogens (tertiary/aromatic N) is 2. The normalized spacial score (nSPS) is 18.4. The first-order chi connectivity index (χ1) is 18.8. The first kappa shape index (κ1) is 36.2. The standard InChI is InChI=1S/C34H45N3O2.3ClH/c1-25-26(2)32-30(27(3)31(25)35)23-34(4,39-32)24-37-20-18-36(19-21-37)17-11-12-22-38-33(28-13-7-5-8-14-28)29-15-9-6-10-16-29;;;/h5-10,13-16,33H,11-12,17-24,35H2,1-4H3;3*1H. The molecule has 1 unspecified atom stereocenters. The minimum Gasteiger partial charge on any atom is -0.485 e. The van der Waals surface area contributed by atoms with Crippen LogP contribution in [0.2, 0.25) is 0 Å². The maximum atomic E-state index is 6.62. The highest BCUT2D eigenvalue weighted by Crippen LogP contribution is 2.44. The van der Waals surface area contributed by atoms with Crippen molar-refractivity contribution in [2.45, 2.75) is 58.7 Å². The fourth-order valence-corrected chi connectivity index (χ4v) is 6.23. The summed E-state index contributed by atoms with van der Waals surface area (Å²) in [5, 5.41) is 0. The van der Waals surface area contributed by atoms with E-state index in [-0.39, 0.29) is 48.9 Å². The highest BCUT2D eigenvalue weighted by atomic mass is 35.5. The fraction of sp³-hybridized carbons (Fsp3) is 0.471. The summed E-state index contributed by atoms with van der Waals surface area (Å²) in [4.78, 5) is 5.18. The Balaban J connectivity index is 0.00000205. The van der Waals surface area contributed by atoms with Crippen LogP contribution in [0, 0.1) is 20.8 Å². The van der Waals surface area contributed by atoms with Crippen molar-refractivity contribution in [1.29, 1.82) is 0 Å². The van der Waals surface area contributed by atoms with Gasteiger partial charge in [-0.1, -0.05) is 60.7 Å². The van der Waals surface area contributed by atoms with Gasteiger partial charge in [-0.2, -0.15) is 0 Å². The Morgan fingerprint density at radius 1 is 0.786 bits per heavy atom. The number of rotatable bonds is 10. The van der Waals surface area contributed by atoms with Crippen LogP contribution in [-0.4, -0.2) is 61.3 Å². The van der Waals surface area contributed by atoms with E-state index in [1.807, 2.05) is 0 Å². The zero-order valence-corrected chi connectivity index (χ0v) is 27.9. The average Bonchev–Trinajstić information content (AvgIpc) is 3.32. The highest BCUT2D eigenvalue weighted by molar-refractivity contribution is 5.86. The van der Waals surface area contributed by atoms with Crippen LogP contribution in [0.15, 0.2) is 60.7 Å². The third kappa shape index (κ3) is 8.34. The Morgan fingerprint density at radius 3 is 1.90 bits per heavy atom. The zero-order valence-electron chi connectivity index (χ0n) is 25.4. The van der Waals surface area contributed by atoms with Crippen LogP contribution in [-0.2, 0) is 11.2 Å². The van der Waals surface area contributed by atoms with Gasteiger partial charge in [0, 0.05) is 57.0 Å². The Morgan fingerprint density at radius 2 is 1.33 bits per heavy atom. The van der Waals surface area contributed by atoms with Gasteiger partial charge in [-0.15, -0.1) is 37.2 Å². The number of hydrogen-bond acceptors (Lipinski definition) is 5. The molecule has 0 bridgehead atoms. The van der Waals surface area contributed by atoms with Gasteiger partial charge < -0.3 is 20.1 Å². The number of nitrogen functional groups attached to an aromatic ring is 1. The highest BCUT2D eigenvalue weighted by Gasteiger charge is 2.39. The molecule has 42 heavy (non-hydrogen) atoms. The van der Waals surface area contributed by atoms with Crippen molar-refractivity contribution in [1.82, 2.24) is 9.80 Å². The van der Waals surface area contributed by atoms with Crippen LogP contribution >= 0.6 is 37.2 Å². The van der Waals surface area contributed by atoms with Gasteiger partial charge in [-0.25, -0.2) is 0 Å². The second-order valence-corrected chi connectivity index (χ2v) is 11.7. The minimum absolute atomic E-state index is 0. The van der Waals surface area contributed by atoms with Gasteiger partial charge in [0.15, 0.2) is 0 Å². The molecular formula is C34H48Cl3N3O2. The summed E-state index contributed by atoms with van der Waals surface area (Å²) >= 11 is 0. The van der Waals surface area contributed by atoms with E-state index in [2.05, 4.69) is 98.2 Å². The molecule has 2 aliphatic heterocycles. The van der Waals surface area contributed by atoms with Gasteiger partial charge in [0.2, 0.25) is 0 Å². The van der Waals surface area contributed by atoms with E-state index in [1.54, 1.807) is 0 Å². The van der Waals surface area contributed by atoms with Crippen LogP contribution in [0.5, 0.6) is 5.75 Å². The number of ether oxygens (including phenoxy) is 2. The molecule has 0 radical (unpaired) electrons. The molecule has 0 aliphatic carbocycles. The van der Waals surface area contributed by atoms with Crippen LogP contribution in [0.25, 0.3) is 0 Å². The second kappa shape index (κ2) is 16.2. The van der Waals surface area contributed by atoms with E-state index in [1.165, 1.54) is 27.8 Å². The molecule has 232 valence electrons. The Kier molecular flexibility index (Phi) is 14.0. The molecular weight excluding hydrogens is 589 g/mol. The summed E-state index contributed by atoms with van der Waals surface area (Å²) in [5.74, 6) is 1.07. The molecule has 2 aliphatic rings. The molecule has 1 atom stereocenters. The van der Waals surface area contributed by atoms with Gasteiger partial charge in [0.05, 0.1) is 0 Å². The summed E-state index contributed by atoms with van der Waals surface area (Å²) in [6.45, 7) is 15.9. The largest absolute Gasteiger partial charge is 0.485 e. The molecule has 0 aromatic heterocycles. The molecule has 2 heterocycles. The van der Waals surface area contributed by atoms with Crippen molar-refractivity contribution in [2.75, 3.05) is 51.6 Å². The number of unbranched alkanes of at least 4 members (excludes halogenated alkanes) is 1. The lowest BCUT2D eigenvalue weighted by Gasteiger charge is -2.38. The molecule has 5 rings (SSSR count). The molecule has 1 saturated heterocycles. The van der Waals surface area contributed by atoms with E-state index in [9.17, 15) is 0 Å². The molecule has 0 saturated carbocycles. The van der Waals surface area contributed by atoms with E-state index < -0.39 is 0 Å². The Hall–Kier alpha value is -1.99. The molecule has 0 amide bonds. The third-order valence-electron chi connectivity index (χ3n) is 8.72. The summed E-state index contributed by atoms with van der Waals surface area (Å²) in [5.41, 5.74) is 14.4. The Bertz CT molecular complexity index is 1180. The summed E-state index contributed by atoms with van der Waals surface area (Å²) in [7, 11) is 0. The van der Waals surface area contributed by atoms with Crippen molar-refractivity contribution in [3.63, 3.8) is 0 Å². The van der Waals surface area contributed by atoms with Crippen LogP contribution < -0.4 is 10.5 Å². The lowest BCUT2D eigenvalue weighted by atomic mass is 9.91. The molecule has 5 nitrogen and oxygen atoms in total. The van der Waals surface area contributed by atoms with Gasteiger partial charge in [-0.05, 0) is 74.9 Å². The van der Waals surface area contributed by atoms with Crippen molar-refractivity contribution >= 4 is 42.9 Å². The average molecular weight is 637 g/mol. The van der Waals surface area contributed by atoms with Crippen molar-refractivity contribution in [3.05, 3.63) is 94.0 Å². The van der Waals surface area contributed by atoms with Gasteiger partial charge in [0.25, 0.3) is 0 Å². The molecule has 0 spiro atoms. The number of hydrogen-bond donors (Lipinski definition) is 1. The predicted octanol–water partition coefficient (Wildman–Crippen LogP) is 7.36. The fourth-order valence-electron chi connectivity index (χ4n) is 6.23. The van der Waals surface area contributed by atoms with E-state index in [4.69, 9.17) is 15.2 Å². The topological polar surface area (TPSA) is 51.0 Å². The maximum Gasteiger partial charge on any atom is 0.127 e. The van der Waals surface area contributed by atoms with Crippen LogP contribution in [0.4, 0.5) is 5.69 Å². The van der Waals surface area contributed by atoms with Gasteiger partial charge in [0.1, 0.15) is 17.5 Å². The summed E-state index contributed by atoms with van der Waals surface area (Å²) in [6, 6.07) is 21.1. The monoisotopic (exact) mass is 635 g/mol. The molecule has 3 aromatic carbocycles. The first-order valence-corrected chi connectivity index (χ1v) is 14.6. The quantitative estimate of drug-likeness (QED) is 0.186. The molecule has 1 fully saturated rings. The van der Waals surface area contributed by atoms with E-state index >= 15 is 0 Å². The second-order valence-electron chi connectivity index (χ2n) is 11.7. The van der Waals surface area contributed by atoms with E-state index in [0.29, 0.717) is 0 Å². The van der Waals surface area contributed by atoms with Crippen molar-refractivity contribution in [2.24, 2.45) is 0 Å². The lowest BCUT2D eigenvalue weighted by Crippen LogP contribution is -2.52. The number of piperazine rings is 1. The number of halogens is 3. The number of nitrogens with two attached hydrogens (primary N) is 1. The maximum absolute atomic E-state index is 6.62. The predicted molar refractivity (Wildman–Crippen MR) is 182 cm³/mol. The van der Waals surface area contributed by atoms with E-state index in [0.717, 1.165) is 82.1 Å². The van der Waals surface area contributed by atoms with Gasteiger partial charge in [-0.3, -0.25) is 4.90 Å². The molecule has 2 N–H and O–H groups in total. The number of anilines is 1. The van der Waals surface area contributed by atoms with Gasteiger partial charge >= 0.3 is 0 Å². The SMILES string of the molecule is Cc1c(C)c2c(c(C)c1N)CC(C)(CN1CCN(CCCCOC(c3ccccc3)c3ccccc3)CC1)O2.Cl.Cl.Cl. The summed E-state index contributed by atoms with van der Waals surface area (Å²) < 4.78 is 13.0. The minimum atomic E-state index is -0.189. The van der Waals surface area contributed by atoms with Crippen LogP contribution in [0.3, 0.4) is 0 Å². The molecule has 3 aromatic rings. The molecule has 8 heteroatoms. The zero-order chi connectivity index (χ0) is 27.4. The van der Waals surface area contributed by atoms with Crippen molar-refractivity contribution in [3.8, 4) is 5.75 Å². The lowest BCUT2D eigenvalue weighted by molar-refractivity contribution is 0.0361. The first-order valence-electron chi connectivity index (χ1n) is 14.6. The smallest absolute Gasteiger partial charge is 0.127 e. The van der Waals surface area contributed by atoms with Crippen LogP contribution in [0.1, 0.15) is 59.3 Å². The number of fused-ring (bicyclic) bond motifs is 1. The number of benzene rings is 3. The summed E-state index contributed by atoms with van der Waals surface area (Å²) in [6.07, 6.45) is 3.16. The van der Waals surface area contributed by atoms with Crippen molar-refractivity contribution < 1.29 is 9.47 Å². The third-order valence-corrected chi connectivity index (χ3v) is 8.72. The Labute approximate surface area is 271 Å².